The highest BCUT2D eigenvalue weighted by atomic mass is 35.5. The Morgan fingerprint density at radius 1 is 1.06 bits per heavy atom. The fourth-order valence-electron chi connectivity index (χ4n) is 2.88. The molecule has 34 heavy (non-hydrogen) atoms. The third-order valence-corrected chi connectivity index (χ3v) is 4.67. The van der Waals surface area contributed by atoms with Crippen LogP contribution in [-0.4, -0.2) is 25.6 Å². The zero-order valence-electron chi connectivity index (χ0n) is 18.3. The first-order valence-corrected chi connectivity index (χ1v) is 10.4. The number of nitrogens with zero attached hydrogens (tertiary/aromatic N) is 4. The summed E-state index contributed by atoms with van der Waals surface area (Å²) in [7, 11) is 1.83. The Hall–Kier alpha value is -3.86. The number of carbonyl (C=O) groups excluding carboxylic acids is 1. The molecule has 0 spiro atoms. The van der Waals surface area contributed by atoms with Gasteiger partial charge in [-0.05, 0) is 30.3 Å². The molecule has 1 aromatic carbocycles. The molecule has 0 bridgehead atoms. The minimum atomic E-state index is -4.55. The average molecular weight is 493 g/mol. The van der Waals surface area contributed by atoms with Crippen LogP contribution in [0.3, 0.4) is 0 Å². The number of anilines is 2. The van der Waals surface area contributed by atoms with E-state index in [9.17, 15) is 18.0 Å². The van der Waals surface area contributed by atoms with Crippen molar-refractivity contribution in [2.24, 2.45) is 7.05 Å². The number of aryl methyl sites for hydroxylation is 1. The van der Waals surface area contributed by atoms with E-state index in [1.54, 1.807) is 6.07 Å². The maximum Gasteiger partial charge on any atom is 0.416 e. The molecule has 0 saturated carbocycles. The van der Waals surface area contributed by atoms with Crippen molar-refractivity contribution >= 4 is 40.2 Å². The number of aromatic nitrogens is 4. The number of urea groups is 1. The minimum Gasteiger partial charge on any atom is -0.437 e. The third kappa shape index (κ3) is 5.73. The number of pyridine rings is 1. The van der Waals surface area contributed by atoms with Crippen LogP contribution in [-0.2, 0) is 13.2 Å². The molecule has 8 nitrogen and oxygen atoms in total. The van der Waals surface area contributed by atoms with Crippen LogP contribution in [0.15, 0.2) is 55.1 Å². The number of fused-ring (bicyclic) bond motifs is 1. The van der Waals surface area contributed by atoms with Gasteiger partial charge < -0.3 is 14.6 Å². The zero-order valence-corrected chi connectivity index (χ0v) is 19.1. The van der Waals surface area contributed by atoms with Gasteiger partial charge >= 0.3 is 12.2 Å². The van der Waals surface area contributed by atoms with E-state index in [0.29, 0.717) is 22.7 Å². The first-order valence-electron chi connectivity index (χ1n) is 10.1. The molecule has 3 heterocycles. The molecule has 3 aromatic heterocycles. The second-order valence-electron chi connectivity index (χ2n) is 6.59. The van der Waals surface area contributed by atoms with Crippen molar-refractivity contribution < 1.29 is 22.7 Å². The fourth-order valence-corrected chi connectivity index (χ4v) is 3.10. The fraction of sp³-hybridized carbons (Fsp3) is 0.182. The summed E-state index contributed by atoms with van der Waals surface area (Å²) in [5.74, 6) is 0.429. The van der Waals surface area contributed by atoms with E-state index in [0.717, 1.165) is 18.3 Å². The zero-order chi connectivity index (χ0) is 24.9. The SMILES string of the molecule is CC.Cn1ccc2ncnc(Oc3ccc(NC(=O)Nc4cc(C(F)(F)F)ccn4)c(Cl)c3)c21. The van der Waals surface area contributed by atoms with Gasteiger partial charge in [0.2, 0.25) is 5.88 Å². The lowest BCUT2D eigenvalue weighted by Gasteiger charge is -2.12. The standard InChI is InChI=1S/C20H14ClF3N6O2.C2H6/c1-30-7-5-15-17(30)18(27-10-26-15)32-12-2-3-14(13(21)9-12)28-19(31)29-16-8-11(4-6-25-16)20(22,23)24;1-2/h2-10H,1H3,(H2,25,28,29,31);1-2H3. The maximum atomic E-state index is 12.8. The van der Waals surface area contributed by atoms with Crippen LogP contribution in [0.2, 0.25) is 5.02 Å². The monoisotopic (exact) mass is 492 g/mol. The number of halogens is 4. The predicted octanol–water partition coefficient (Wildman–Crippen LogP) is 6.50. The van der Waals surface area contributed by atoms with Crippen LogP contribution in [0.4, 0.5) is 29.5 Å². The molecule has 0 saturated heterocycles. The Balaban J connectivity index is 0.00000158. The largest absolute Gasteiger partial charge is 0.437 e. The number of amides is 2. The number of nitrogens with one attached hydrogen (secondary N) is 2. The van der Waals surface area contributed by atoms with Crippen LogP contribution in [0, 0.1) is 0 Å². The van der Waals surface area contributed by atoms with Crippen LogP contribution in [0.1, 0.15) is 19.4 Å². The van der Waals surface area contributed by atoms with Crippen molar-refractivity contribution in [1.29, 1.82) is 0 Å². The summed E-state index contributed by atoms with van der Waals surface area (Å²) in [4.78, 5) is 24.2. The molecule has 2 N–H and O–H groups in total. The van der Waals surface area contributed by atoms with E-state index in [2.05, 4.69) is 25.6 Å². The number of alkyl halides is 3. The van der Waals surface area contributed by atoms with Gasteiger partial charge in [0.05, 0.1) is 21.8 Å². The average Bonchev–Trinajstić information content (AvgIpc) is 3.18. The van der Waals surface area contributed by atoms with Crippen molar-refractivity contribution in [3.8, 4) is 11.6 Å². The molecule has 0 atom stereocenters. The van der Waals surface area contributed by atoms with Crippen molar-refractivity contribution in [3.05, 3.63) is 65.7 Å². The van der Waals surface area contributed by atoms with Crippen LogP contribution < -0.4 is 15.4 Å². The van der Waals surface area contributed by atoms with Crippen LogP contribution in [0.25, 0.3) is 11.0 Å². The van der Waals surface area contributed by atoms with E-state index in [1.807, 2.05) is 37.7 Å². The normalized spacial score (nSPS) is 10.9. The first-order chi connectivity index (χ1) is 16.2. The number of ether oxygens (including phenoxy) is 1. The van der Waals surface area contributed by atoms with Gasteiger partial charge in [0.1, 0.15) is 23.4 Å². The maximum absolute atomic E-state index is 12.8. The molecule has 4 rings (SSSR count). The minimum absolute atomic E-state index is 0.145. The summed E-state index contributed by atoms with van der Waals surface area (Å²) in [6.07, 6.45) is -0.399. The molecular formula is C22H20ClF3N6O2. The Morgan fingerprint density at radius 2 is 1.82 bits per heavy atom. The van der Waals surface area contributed by atoms with E-state index >= 15 is 0 Å². The van der Waals surface area contributed by atoms with Crippen molar-refractivity contribution in [2.45, 2.75) is 20.0 Å². The number of hydrogen-bond acceptors (Lipinski definition) is 5. The molecule has 0 aliphatic heterocycles. The van der Waals surface area contributed by atoms with Gasteiger partial charge in [-0.25, -0.2) is 14.8 Å². The van der Waals surface area contributed by atoms with Gasteiger partial charge in [-0.3, -0.25) is 5.32 Å². The quantitative estimate of drug-likeness (QED) is 0.339. The lowest BCUT2D eigenvalue weighted by Crippen LogP contribution is -2.20. The van der Waals surface area contributed by atoms with E-state index in [4.69, 9.17) is 16.3 Å². The molecule has 178 valence electrons. The van der Waals surface area contributed by atoms with Crippen molar-refractivity contribution in [3.63, 3.8) is 0 Å². The molecule has 12 heteroatoms. The lowest BCUT2D eigenvalue weighted by atomic mass is 10.2. The van der Waals surface area contributed by atoms with E-state index in [1.165, 1.54) is 18.5 Å². The Morgan fingerprint density at radius 3 is 2.53 bits per heavy atom. The van der Waals surface area contributed by atoms with Gasteiger partial charge in [-0.1, -0.05) is 25.4 Å². The summed E-state index contributed by atoms with van der Waals surface area (Å²) in [6.45, 7) is 4.00. The number of rotatable bonds is 4. The first kappa shape index (κ1) is 24.8. The second kappa shape index (κ2) is 10.4. The topological polar surface area (TPSA) is 94.0 Å². The molecule has 2 amide bonds. The van der Waals surface area contributed by atoms with Crippen LogP contribution in [0.5, 0.6) is 11.6 Å². The number of benzene rings is 1. The van der Waals surface area contributed by atoms with Crippen molar-refractivity contribution in [2.75, 3.05) is 10.6 Å². The van der Waals surface area contributed by atoms with E-state index in [-0.39, 0.29) is 16.5 Å². The Kier molecular flexibility index (Phi) is 7.57. The summed E-state index contributed by atoms with van der Waals surface area (Å²) < 4.78 is 46.0. The highest BCUT2D eigenvalue weighted by Gasteiger charge is 2.30. The second-order valence-corrected chi connectivity index (χ2v) is 7.00. The summed E-state index contributed by atoms with van der Waals surface area (Å²) in [5.41, 5.74) is 0.690. The predicted molar refractivity (Wildman–Crippen MR) is 123 cm³/mol. The van der Waals surface area contributed by atoms with Gasteiger partial charge in [0, 0.05) is 25.5 Å². The van der Waals surface area contributed by atoms with Gasteiger partial charge in [-0.2, -0.15) is 18.2 Å². The van der Waals surface area contributed by atoms with Gasteiger partial charge in [0.15, 0.2) is 0 Å². The van der Waals surface area contributed by atoms with Crippen LogP contribution >= 0.6 is 11.6 Å². The highest BCUT2D eigenvalue weighted by Crippen LogP contribution is 2.32. The Bertz CT molecular complexity index is 1310. The molecular weight excluding hydrogens is 473 g/mol. The Labute approximate surface area is 197 Å². The molecule has 0 aliphatic carbocycles. The smallest absolute Gasteiger partial charge is 0.416 e. The van der Waals surface area contributed by atoms with Crippen molar-refractivity contribution in [1.82, 2.24) is 19.5 Å². The molecule has 4 aromatic rings. The van der Waals surface area contributed by atoms with Gasteiger partial charge in [-0.15, -0.1) is 0 Å². The summed E-state index contributed by atoms with van der Waals surface area (Å²) >= 11 is 6.23. The molecule has 0 radical (unpaired) electrons. The van der Waals surface area contributed by atoms with Gasteiger partial charge in [0.25, 0.3) is 0 Å². The molecule has 0 aliphatic rings. The van der Waals surface area contributed by atoms with E-state index < -0.39 is 17.8 Å². The molecule has 0 unspecified atom stereocenters. The number of carbonyl (C=O) groups is 1. The lowest BCUT2D eigenvalue weighted by molar-refractivity contribution is -0.137. The molecule has 0 fully saturated rings. The summed E-state index contributed by atoms with van der Waals surface area (Å²) in [6, 6.07) is 7.05. The highest BCUT2D eigenvalue weighted by molar-refractivity contribution is 6.34. The summed E-state index contributed by atoms with van der Waals surface area (Å²) in [5, 5.41) is 4.84. The third-order valence-electron chi connectivity index (χ3n) is 4.36. The number of hydrogen-bond donors (Lipinski definition) is 2.